The van der Waals surface area contributed by atoms with E-state index in [1.54, 1.807) is 24.3 Å². The fraction of sp³-hybridized carbons (Fsp3) is 0.429. The zero-order valence-corrected chi connectivity index (χ0v) is 11.8. The summed E-state index contributed by atoms with van der Waals surface area (Å²) in [5, 5.41) is 13.0. The van der Waals surface area contributed by atoms with E-state index in [1.807, 2.05) is 4.90 Å². The van der Waals surface area contributed by atoms with E-state index in [0.29, 0.717) is 23.7 Å². The summed E-state index contributed by atoms with van der Waals surface area (Å²) in [4.78, 5) is 25.4. The zero-order chi connectivity index (χ0) is 14.5. The largest absolute Gasteiger partial charge is 0.480 e. The van der Waals surface area contributed by atoms with Gasteiger partial charge in [0.2, 0.25) is 0 Å². The Morgan fingerprint density at radius 2 is 1.85 bits per heavy atom. The van der Waals surface area contributed by atoms with Crippen LogP contribution in [-0.2, 0) is 4.79 Å². The molecule has 0 aliphatic carbocycles. The molecule has 0 aromatic heterocycles. The van der Waals surface area contributed by atoms with E-state index in [0.717, 1.165) is 13.1 Å². The molecule has 1 unspecified atom stereocenters. The van der Waals surface area contributed by atoms with Gasteiger partial charge in [0.1, 0.15) is 6.04 Å². The zero-order valence-electron chi connectivity index (χ0n) is 11.0. The molecule has 1 aliphatic rings. The van der Waals surface area contributed by atoms with Crippen molar-refractivity contribution in [3.63, 3.8) is 0 Å². The SMILES string of the molecule is O=C(CC(C(=O)O)N1CCNCC1)c1ccc(Cl)cc1. The molecule has 0 bridgehead atoms. The molecule has 0 spiro atoms. The lowest BCUT2D eigenvalue weighted by Gasteiger charge is -2.32. The van der Waals surface area contributed by atoms with Crippen molar-refractivity contribution in [2.75, 3.05) is 26.2 Å². The number of benzene rings is 1. The van der Waals surface area contributed by atoms with Crippen LogP contribution in [0.1, 0.15) is 16.8 Å². The number of carbonyl (C=O) groups is 2. The van der Waals surface area contributed by atoms with E-state index in [1.165, 1.54) is 0 Å². The molecule has 108 valence electrons. The number of carboxylic acids is 1. The number of halogens is 1. The van der Waals surface area contributed by atoms with Crippen molar-refractivity contribution in [1.29, 1.82) is 0 Å². The molecule has 1 aromatic carbocycles. The van der Waals surface area contributed by atoms with Crippen LogP contribution in [0.25, 0.3) is 0 Å². The number of aliphatic carboxylic acids is 1. The van der Waals surface area contributed by atoms with Gasteiger partial charge >= 0.3 is 5.97 Å². The second kappa shape index (κ2) is 6.83. The third kappa shape index (κ3) is 3.79. The highest BCUT2D eigenvalue weighted by Gasteiger charge is 2.29. The molecular formula is C14H17ClN2O3. The van der Waals surface area contributed by atoms with Crippen LogP contribution in [0.4, 0.5) is 0 Å². The van der Waals surface area contributed by atoms with Gasteiger partial charge in [-0.25, -0.2) is 0 Å². The number of ketones is 1. The van der Waals surface area contributed by atoms with E-state index in [9.17, 15) is 14.7 Å². The van der Waals surface area contributed by atoms with E-state index in [4.69, 9.17) is 11.6 Å². The molecule has 0 amide bonds. The molecular weight excluding hydrogens is 280 g/mol. The van der Waals surface area contributed by atoms with Gasteiger partial charge in [-0.2, -0.15) is 0 Å². The van der Waals surface area contributed by atoms with Crippen LogP contribution in [0, 0.1) is 0 Å². The van der Waals surface area contributed by atoms with Crippen LogP contribution in [0.3, 0.4) is 0 Å². The first-order valence-corrected chi connectivity index (χ1v) is 6.92. The van der Waals surface area contributed by atoms with Gasteiger partial charge in [-0.15, -0.1) is 0 Å². The van der Waals surface area contributed by atoms with Crippen molar-refractivity contribution < 1.29 is 14.7 Å². The number of nitrogens with zero attached hydrogens (tertiary/aromatic N) is 1. The maximum atomic E-state index is 12.2. The Bertz CT molecular complexity index is 484. The molecule has 1 aromatic rings. The highest BCUT2D eigenvalue weighted by molar-refractivity contribution is 6.30. The molecule has 1 aliphatic heterocycles. The Kier molecular flexibility index (Phi) is 5.11. The molecule has 1 fully saturated rings. The summed E-state index contributed by atoms with van der Waals surface area (Å²) in [6.07, 6.45) is -0.0169. The van der Waals surface area contributed by atoms with E-state index >= 15 is 0 Å². The molecule has 1 heterocycles. The molecule has 1 saturated heterocycles. The molecule has 2 rings (SSSR count). The number of hydrogen-bond donors (Lipinski definition) is 2. The molecule has 20 heavy (non-hydrogen) atoms. The van der Waals surface area contributed by atoms with Crippen molar-refractivity contribution in [3.8, 4) is 0 Å². The molecule has 5 nitrogen and oxygen atoms in total. The highest BCUT2D eigenvalue weighted by Crippen LogP contribution is 2.14. The van der Waals surface area contributed by atoms with Crippen LogP contribution < -0.4 is 5.32 Å². The number of hydrogen-bond acceptors (Lipinski definition) is 4. The summed E-state index contributed by atoms with van der Waals surface area (Å²) in [7, 11) is 0. The predicted molar refractivity (Wildman–Crippen MR) is 76.3 cm³/mol. The topological polar surface area (TPSA) is 69.6 Å². The van der Waals surface area contributed by atoms with Crippen LogP contribution in [-0.4, -0.2) is 54.0 Å². The first kappa shape index (κ1) is 15.0. The lowest BCUT2D eigenvalue weighted by Crippen LogP contribution is -2.51. The fourth-order valence-corrected chi connectivity index (χ4v) is 2.42. The summed E-state index contributed by atoms with van der Waals surface area (Å²) in [6, 6.07) is 5.76. The summed E-state index contributed by atoms with van der Waals surface area (Å²) in [5.41, 5.74) is 0.496. The van der Waals surface area contributed by atoms with Crippen molar-refractivity contribution in [2.45, 2.75) is 12.5 Å². The third-order valence-electron chi connectivity index (χ3n) is 3.42. The van der Waals surface area contributed by atoms with Gasteiger partial charge in [-0.1, -0.05) is 11.6 Å². The summed E-state index contributed by atoms with van der Waals surface area (Å²) < 4.78 is 0. The van der Waals surface area contributed by atoms with Crippen LogP contribution in [0.2, 0.25) is 5.02 Å². The van der Waals surface area contributed by atoms with Gasteiger partial charge < -0.3 is 10.4 Å². The summed E-state index contributed by atoms with van der Waals surface area (Å²) >= 11 is 5.77. The second-order valence-electron chi connectivity index (χ2n) is 4.77. The maximum absolute atomic E-state index is 12.2. The van der Waals surface area contributed by atoms with Gasteiger partial charge in [0.25, 0.3) is 0 Å². The monoisotopic (exact) mass is 296 g/mol. The Morgan fingerprint density at radius 1 is 1.25 bits per heavy atom. The van der Waals surface area contributed by atoms with E-state index in [-0.39, 0.29) is 12.2 Å². The standard InChI is InChI=1S/C14H17ClN2O3/c15-11-3-1-10(2-4-11)13(18)9-12(14(19)20)17-7-5-16-6-8-17/h1-4,12,16H,5-9H2,(H,19,20). The van der Waals surface area contributed by atoms with Crippen LogP contribution in [0.5, 0.6) is 0 Å². The highest BCUT2D eigenvalue weighted by atomic mass is 35.5. The predicted octanol–water partition coefficient (Wildman–Crippen LogP) is 1.27. The first-order valence-electron chi connectivity index (χ1n) is 6.54. The van der Waals surface area contributed by atoms with E-state index in [2.05, 4.69) is 5.32 Å². The minimum absolute atomic E-state index is 0.0169. The first-order chi connectivity index (χ1) is 9.58. The molecule has 6 heteroatoms. The molecule has 0 saturated carbocycles. The second-order valence-corrected chi connectivity index (χ2v) is 5.21. The number of piperazine rings is 1. The van der Waals surface area contributed by atoms with E-state index < -0.39 is 12.0 Å². The van der Waals surface area contributed by atoms with Gasteiger partial charge in [0.05, 0.1) is 0 Å². The Hall–Kier alpha value is -1.43. The third-order valence-corrected chi connectivity index (χ3v) is 3.67. The van der Waals surface area contributed by atoms with Crippen molar-refractivity contribution >= 4 is 23.4 Å². The Balaban J connectivity index is 2.05. The van der Waals surface area contributed by atoms with Gasteiger partial charge in [-0.05, 0) is 24.3 Å². The van der Waals surface area contributed by atoms with Gasteiger partial charge in [0, 0.05) is 43.2 Å². The molecule has 2 N–H and O–H groups in total. The molecule has 0 radical (unpaired) electrons. The van der Waals surface area contributed by atoms with Gasteiger partial charge in [0.15, 0.2) is 5.78 Å². The Morgan fingerprint density at radius 3 is 2.40 bits per heavy atom. The maximum Gasteiger partial charge on any atom is 0.321 e. The normalized spacial score (nSPS) is 17.6. The average molecular weight is 297 g/mol. The summed E-state index contributed by atoms with van der Waals surface area (Å²) in [5.74, 6) is -1.12. The minimum Gasteiger partial charge on any atom is -0.480 e. The average Bonchev–Trinajstić information content (AvgIpc) is 2.46. The molecule has 1 atom stereocenters. The Labute approximate surface area is 122 Å². The quantitative estimate of drug-likeness (QED) is 0.801. The lowest BCUT2D eigenvalue weighted by atomic mass is 10.0. The number of carbonyl (C=O) groups excluding carboxylic acids is 1. The minimum atomic E-state index is -0.950. The van der Waals surface area contributed by atoms with Crippen molar-refractivity contribution in [3.05, 3.63) is 34.9 Å². The number of Topliss-reactive ketones (excluding diaryl/α,β-unsaturated/α-hetero) is 1. The summed E-state index contributed by atoms with van der Waals surface area (Å²) in [6.45, 7) is 2.79. The number of carboxylic acid groups (broad SMARTS) is 1. The van der Waals surface area contributed by atoms with Crippen LogP contribution in [0.15, 0.2) is 24.3 Å². The number of nitrogens with one attached hydrogen (secondary N) is 1. The smallest absolute Gasteiger partial charge is 0.321 e. The van der Waals surface area contributed by atoms with Crippen LogP contribution >= 0.6 is 11.6 Å². The van der Waals surface area contributed by atoms with Gasteiger partial charge in [-0.3, -0.25) is 14.5 Å². The lowest BCUT2D eigenvalue weighted by molar-refractivity contribution is -0.143. The van der Waals surface area contributed by atoms with Crippen molar-refractivity contribution in [2.24, 2.45) is 0 Å². The fourth-order valence-electron chi connectivity index (χ4n) is 2.30. The van der Waals surface area contributed by atoms with Crippen molar-refractivity contribution in [1.82, 2.24) is 10.2 Å². The number of rotatable bonds is 5.